The Morgan fingerprint density at radius 2 is 1.94 bits per heavy atom. The number of hydrogen-bond acceptors (Lipinski definition) is 2. The molecule has 4 heteroatoms. The van der Waals surface area contributed by atoms with Crippen LogP contribution < -0.4 is 5.32 Å². The van der Waals surface area contributed by atoms with Crippen LogP contribution in [0.3, 0.4) is 0 Å². The largest absolute Gasteiger partial charge is 0.326 e. The summed E-state index contributed by atoms with van der Waals surface area (Å²) in [6.07, 6.45) is 3.78. The Morgan fingerprint density at radius 3 is 2.53 bits per heavy atom. The Labute approximate surface area is 110 Å². The smallest absolute Gasteiger partial charge is 0.207 e. The number of rotatable bonds is 3. The SMILES string of the molecule is CCn1ccnc1Nc1cc(C)c(Br)c(C)c1. The second-order valence-electron chi connectivity index (χ2n) is 4.09. The van der Waals surface area contributed by atoms with Gasteiger partial charge in [-0.05, 0) is 44.0 Å². The number of imidazole rings is 1. The van der Waals surface area contributed by atoms with Gasteiger partial charge in [0.05, 0.1) is 0 Å². The average Bonchev–Trinajstić information content (AvgIpc) is 2.73. The van der Waals surface area contributed by atoms with Gasteiger partial charge in [0.1, 0.15) is 0 Å². The lowest BCUT2D eigenvalue weighted by molar-refractivity contribution is 0.772. The van der Waals surface area contributed by atoms with Crippen LogP contribution in [-0.2, 0) is 6.54 Å². The van der Waals surface area contributed by atoms with E-state index in [2.05, 4.69) is 63.7 Å². The van der Waals surface area contributed by atoms with Crippen molar-refractivity contribution in [2.75, 3.05) is 5.32 Å². The number of nitrogens with one attached hydrogen (secondary N) is 1. The van der Waals surface area contributed by atoms with Crippen LogP contribution in [0.4, 0.5) is 11.6 Å². The maximum absolute atomic E-state index is 4.30. The van der Waals surface area contributed by atoms with Crippen molar-refractivity contribution in [3.8, 4) is 0 Å². The van der Waals surface area contributed by atoms with Crippen molar-refractivity contribution in [2.24, 2.45) is 0 Å². The normalized spacial score (nSPS) is 10.6. The summed E-state index contributed by atoms with van der Waals surface area (Å²) in [5.74, 6) is 0.883. The minimum absolute atomic E-state index is 0.883. The van der Waals surface area contributed by atoms with Crippen LogP contribution in [0.15, 0.2) is 29.0 Å². The molecule has 1 aromatic heterocycles. The minimum Gasteiger partial charge on any atom is -0.326 e. The highest BCUT2D eigenvalue weighted by Gasteiger charge is 2.05. The van der Waals surface area contributed by atoms with E-state index in [1.165, 1.54) is 15.6 Å². The quantitative estimate of drug-likeness (QED) is 0.926. The molecule has 1 heterocycles. The molecule has 0 aliphatic rings. The van der Waals surface area contributed by atoms with Crippen LogP contribution in [0.5, 0.6) is 0 Å². The lowest BCUT2D eigenvalue weighted by Gasteiger charge is -2.11. The van der Waals surface area contributed by atoms with Crippen LogP contribution in [0.2, 0.25) is 0 Å². The summed E-state index contributed by atoms with van der Waals surface area (Å²) >= 11 is 3.57. The summed E-state index contributed by atoms with van der Waals surface area (Å²) < 4.78 is 3.24. The lowest BCUT2D eigenvalue weighted by Crippen LogP contribution is -2.02. The molecule has 0 saturated carbocycles. The Balaban J connectivity index is 2.31. The molecular formula is C13H16BrN3. The number of aryl methyl sites for hydroxylation is 3. The van der Waals surface area contributed by atoms with Crippen LogP contribution in [-0.4, -0.2) is 9.55 Å². The monoisotopic (exact) mass is 293 g/mol. The van der Waals surface area contributed by atoms with Gasteiger partial charge in [-0.25, -0.2) is 4.98 Å². The summed E-state index contributed by atoms with van der Waals surface area (Å²) in [6.45, 7) is 7.20. The fourth-order valence-electron chi connectivity index (χ4n) is 1.84. The number of nitrogens with zero attached hydrogens (tertiary/aromatic N) is 2. The second kappa shape index (κ2) is 4.92. The summed E-state index contributed by atoms with van der Waals surface area (Å²) in [5, 5.41) is 3.34. The van der Waals surface area contributed by atoms with E-state index in [4.69, 9.17) is 0 Å². The molecule has 0 unspecified atom stereocenters. The zero-order valence-electron chi connectivity index (χ0n) is 10.3. The number of benzene rings is 1. The Kier molecular flexibility index (Phi) is 3.52. The Bertz CT molecular complexity index is 508. The van der Waals surface area contributed by atoms with Gasteiger partial charge in [-0.1, -0.05) is 15.9 Å². The van der Waals surface area contributed by atoms with E-state index in [-0.39, 0.29) is 0 Å². The van der Waals surface area contributed by atoms with Gasteiger partial charge in [-0.3, -0.25) is 0 Å². The highest BCUT2D eigenvalue weighted by Crippen LogP contribution is 2.26. The van der Waals surface area contributed by atoms with Crippen molar-refractivity contribution in [1.82, 2.24) is 9.55 Å². The first-order valence-corrected chi connectivity index (χ1v) is 6.46. The molecule has 17 heavy (non-hydrogen) atoms. The molecule has 2 rings (SSSR count). The molecule has 0 amide bonds. The highest BCUT2D eigenvalue weighted by atomic mass is 79.9. The van der Waals surface area contributed by atoms with Gasteiger partial charge in [-0.2, -0.15) is 0 Å². The maximum atomic E-state index is 4.30. The molecule has 0 spiro atoms. The van der Waals surface area contributed by atoms with E-state index in [0.29, 0.717) is 0 Å². The summed E-state index contributed by atoms with van der Waals surface area (Å²) in [7, 11) is 0. The van der Waals surface area contributed by atoms with Crippen LogP contribution in [0.25, 0.3) is 0 Å². The summed E-state index contributed by atoms with van der Waals surface area (Å²) in [5.41, 5.74) is 3.52. The summed E-state index contributed by atoms with van der Waals surface area (Å²) in [4.78, 5) is 4.30. The van der Waals surface area contributed by atoms with E-state index in [9.17, 15) is 0 Å². The maximum Gasteiger partial charge on any atom is 0.207 e. The molecule has 0 saturated heterocycles. The third-order valence-electron chi connectivity index (χ3n) is 2.75. The Hall–Kier alpha value is -1.29. The van der Waals surface area contributed by atoms with Crippen LogP contribution >= 0.6 is 15.9 Å². The molecule has 90 valence electrons. The third-order valence-corrected chi connectivity index (χ3v) is 4.00. The van der Waals surface area contributed by atoms with E-state index in [1.807, 2.05) is 12.4 Å². The first kappa shape index (κ1) is 12.2. The number of anilines is 2. The van der Waals surface area contributed by atoms with E-state index in [0.717, 1.165) is 18.2 Å². The summed E-state index contributed by atoms with van der Waals surface area (Å²) in [6, 6.07) is 4.23. The molecule has 0 aliphatic carbocycles. The van der Waals surface area contributed by atoms with Gasteiger partial charge in [0.15, 0.2) is 0 Å². The van der Waals surface area contributed by atoms with Crippen molar-refractivity contribution in [2.45, 2.75) is 27.3 Å². The first-order chi connectivity index (χ1) is 8.11. The van der Waals surface area contributed by atoms with Gasteiger partial charge in [0.25, 0.3) is 0 Å². The van der Waals surface area contributed by atoms with Crippen molar-refractivity contribution in [1.29, 1.82) is 0 Å². The zero-order valence-corrected chi connectivity index (χ0v) is 11.9. The highest BCUT2D eigenvalue weighted by molar-refractivity contribution is 9.10. The van der Waals surface area contributed by atoms with Gasteiger partial charge >= 0.3 is 0 Å². The second-order valence-corrected chi connectivity index (χ2v) is 4.88. The standard InChI is InChI=1S/C13H16BrN3/c1-4-17-6-5-15-13(17)16-11-7-9(2)12(14)10(3)8-11/h5-8H,4H2,1-3H3,(H,15,16). The molecule has 1 N–H and O–H groups in total. The molecule has 3 nitrogen and oxygen atoms in total. The molecule has 0 bridgehead atoms. The molecule has 0 atom stereocenters. The van der Waals surface area contributed by atoms with E-state index in [1.54, 1.807) is 0 Å². The average molecular weight is 294 g/mol. The molecule has 0 fully saturated rings. The van der Waals surface area contributed by atoms with E-state index < -0.39 is 0 Å². The molecular weight excluding hydrogens is 278 g/mol. The number of aromatic nitrogens is 2. The fourth-order valence-corrected chi connectivity index (χ4v) is 2.06. The molecule has 0 radical (unpaired) electrons. The molecule has 2 aromatic rings. The predicted molar refractivity (Wildman–Crippen MR) is 74.8 cm³/mol. The van der Waals surface area contributed by atoms with Gasteiger partial charge in [-0.15, -0.1) is 0 Å². The van der Waals surface area contributed by atoms with Crippen molar-refractivity contribution in [3.05, 3.63) is 40.1 Å². The minimum atomic E-state index is 0.883. The Morgan fingerprint density at radius 1 is 1.29 bits per heavy atom. The molecule has 1 aromatic carbocycles. The van der Waals surface area contributed by atoms with Crippen molar-refractivity contribution < 1.29 is 0 Å². The zero-order chi connectivity index (χ0) is 12.4. The topological polar surface area (TPSA) is 29.9 Å². The first-order valence-electron chi connectivity index (χ1n) is 5.66. The van der Waals surface area contributed by atoms with Gasteiger partial charge in [0.2, 0.25) is 5.95 Å². The van der Waals surface area contributed by atoms with Crippen LogP contribution in [0, 0.1) is 13.8 Å². The number of halogens is 1. The molecule has 0 aliphatic heterocycles. The van der Waals surface area contributed by atoms with E-state index >= 15 is 0 Å². The van der Waals surface area contributed by atoms with Crippen molar-refractivity contribution in [3.63, 3.8) is 0 Å². The predicted octanol–water partition coefficient (Wildman–Crippen LogP) is 4.03. The third kappa shape index (κ3) is 2.52. The lowest BCUT2D eigenvalue weighted by atomic mass is 10.1. The van der Waals surface area contributed by atoms with Crippen LogP contribution in [0.1, 0.15) is 18.1 Å². The van der Waals surface area contributed by atoms with Gasteiger partial charge in [0, 0.05) is 29.1 Å². The number of hydrogen-bond donors (Lipinski definition) is 1. The van der Waals surface area contributed by atoms with Crippen molar-refractivity contribution >= 4 is 27.6 Å². The fraction of sp³-hybridized carbons (Fsp3) is 0.308. The van der Waals surface area contributed by atoms with Gasteiger partial charge < -0.3 is 9.88 Å².